The lowest BCUT2D eigenvalue weighted by atomic mass is 9.83. The van der Waals surface area contributed by atoms with Crippen molar-refractivity contribution >= 4 is 5.91 Å². The third kappa shape index (κ3) is 3.09. The Balaban J connectivity index is 1.76. The normalized spacial score (nSPS) is 19.1. The molecule has 3 aromatic carbocycles. The quantitative estimate of drug-likeness (QED) is 0.708. The minimum absolute atomic E-state index is 0.0338. The Morgan fingerprint density at radius 2 is 1.37 bits per heavy atom. The first-order valence-corrected chi connectivity index (χ1v) is 9.02. The second-order valence-electron chi connectivity index (χ2n) is 6.71. The average Bonchev–Trinajstić information content (AvgIpc) is 2.75. The molecule has 2 atom stereocenters. The van der Waals surface area contributed by atoms with Crippen molar-refractivity contribution in [3.63, 3.8) is 0 Å². The molecular weight excluding hydrogens is 336 g/mol. The SMILES string of the molecule is COc1ccc(C2C(N)C(=O)N2C(c2ccccc2)c2ccccc2)cc1. The minimum atomic E-state index is -0.534. The van der Waals surface area contributed by atoms with Gasteiger partial charge in [-0.3, -0.25) is 4.79 Å². The zero-order valence-electron chi connectivity index (χ0n) is 15.2. The van der Waals surface area contributed by atoms with Crippen molar-refractivity contribution in [3.05, 3.63) is 102 Å². The Kier molecular flexibility index (Phi) is 4.65. The molecule has 0 aromatic heterocycles. The third-order valence-corrected chi connectivity index (χ3v) is 5.15. The van der Waals surface area contributed by atoms with Crippen LogP contribution in [0.4, 0.5) is 0 Å². The minimum Gasteiger partial charge on any atom is -0.497 e. The van der Waals surface area contributed by atoms with Crippen LogP contribution in [0.3, 0.4) is 0 Å². The number of nitrogens with two attached hydrogens (primary N) is 1. The van der Waals surface area contributed by atoms with Gasteiger partial charge >= 0.3 is 0 Å². The van der Waals surface area contributed by atoms with Crippen molar-refractivity contribution < 1.29 is 9.53 Å². The number of rotatable bonds is 5. The first-order valence-electron chi connectivity index (χ1n) is 9.02. The van der Waals surface area contributed by atoms with Crippen molar-refractivity contribution in [1.82, 2.24) is 4.90 Å². The van der Waals surface area contributed by atoms with Crippen molar-refractivity contribution in [2.75, 3.05) is 7.11 Å². The van der Waals surface area contributed by atoms with Crippen LogP contribution in [0, 0.1) is 0 Å². The highest BCUT2D eigenvalue weighted by atomic mass is 16.5. The fourth-order valence-corrected chi connectivity index (χ4v) is 3.78. The van der Waals surface area contributed by atoms with Crippen LogP contribution in [0.25, 0.3) is 0 Å². The van der Waals surface area contributed by atoms with Crippen LogP contribution >= 0.6 is 0 Å². The summed E-state index contributed by atoms with van der Waals surface area (Å²) in [6, 6.07) is 27.1. The highest BCUT2D eigenvalue weighted by Gasteiger charge is 2.49. The fraction of sp³-hybridized carbons (Fsp3) is 0.174. The lowest BCUT2D eigenvalue weighted by Crippen LogP contribution is -2.63. The number of nitrogens with zero attached hydrogens (tertiary/aromatic N) is 1. The molecule has 1 saturated heterocycles. The largest absolute Gasteiger partial charge is 0.497 e. The van der Waals surface area contributed by atoms with Crippen LogP contribution < -0.4 is 10.5 Å². The molecule has 1 fully saturated rings. The molecule has 0 bridgehead atoms. The van der Waals surface area contributed by atoms with Gasteiger partial charge in [0.25, 0.3) is 0 Å². The van der Waals surface area contributed by atoms with Crippen LogP contribution in [0.5, 0.6) is 5.75 Å². The van der Waals surface area contributed by atoms with E-state index < -0.39 is 6.04 Å². The van der Waals surface area contributed by atoms with Crippen LogP contribution in [0.15, 0.2) is 84.9 Å². The van der Waals surface area contributed by atoms with Gasteiger partial charge in [0.15, 0.2) is 0 Å². The Morgan fingerprint density at radius 3 is 1.85 bits per heavy atom. The Hall–Kier alpha value is -3.11. The number of β-lactam (4-membered cyclic amide) rings is 1. The van der Waals surface area contributed by atoms with E-state index in [1.165, 1.54) is 0 Å². The lowest BCUT2D eigenvalue weighted by molar-refractivity contribution is -0.152. The van der Waals surface area contributed by atoms with Gasteiger partial charge in [0.05, 0.1) is 19.2 Å². The number of amides is 1. The fourth-order valence-electron chi connectivity index (χ4n) is 3.78. The highest BCUT2D eigenvalue weighted by Crippen LogP contribution is 2.43. The summed E-state index contributed by atoms with van der Waals surface area (Å²) < 4.78 is 5.25. The molecule has 1 aliphatic heterocycles. The molecule has 2 unspecified atom stereocenters. The van der Waals surface area contributed by atoms with Gasteiger partial charge in [-0.05, 0) is 28.8 Å². The topological polar surface area (TPSA) is 55.6 Å². The van der Waals surface area contributed by atoms with Crippen molar-refractivity contribution in [2.24, 2.45) is 5.73 Å². The van der Waals surface area contributed by atoms with Gasteiger partial charge in [-0.15, -0.1) is 0 Å². The zero-order valence-corrected chi connectivity index (χ0v) is 15.2. The molecule has 1 heterocycles. The Morgan fingerprint density at radius 1 is 0.852 bits per heavy atom. The molecule has 3 aromatic rings. The molecular formula is C23H22N2O2. The van der Waals surface area contributed by atoms with E-state index in [0.29, 0.717) is 0 Å². The van der Waals surface area contributed by atoms with E-state index in [0.717, 1.165) is 22.4 Å². The van der Waals surface area contributed by atoms with Crippen LogP contribution in [-0.4, -0.2) is 24.0 Å². The van der Waals surface area contributed by atoms with E-state index in [1.54, 1.807) is 7.11 Å². The van der Waals surface area contributed by atoms with Crippen LogP contribution in [-0.2, 0) is 4.79 Å². The highest BCUT2D eigenvalue weighted by molar-refractivity contribution is 5.90. The summed E-state index contributed by atoms with van der Waals surface area (Å²) in [5, 5.41) is 0. The summed E-state index contributed by atoms with van der Waals surface area (Å²) in [6.45, 7) is 0. The predicted octanol–water partition coefficient (Wildman–Crippen LogP) is 3.70. The number of methoxy groups -OCH3 is 1. The molecule has 0 radical (unpaired) electrons. The first kappa shape index (κ1) is 17.3. The van der Waals surface area contributed by atoms with E-state index >= 15 is 0 Å². The van der Waals surface area contributed by atoms with Gasteiger partial charge < -0.3 is 15.4 Å². The molecule has 136 valence electrons. The second kappa shape index (κ2) is 7.25. The van der Waals surface area contributed by atoms with E-state index in [-0.39, 0.29) is 18.0 Å². The van der Waals surface area contributed by atoms with Gasteiger partial charge in [0.1, 0.15) is 11.8 Å². The molecule has 27 heavy (non-hydrogen) atoms. The predicted molar refractivity (Wildman–Crippen MR) is 105 cm³/mol. The molecule has 4 nitrogen and oxygen atoms in total. The maximum Gasteiger partial charge on any atom is 0.243 e. The summed E-state index contributed by atoms with van der Waals surface area (Å²) in [5.41, 5.74) is 9.39. The number of benzene rings is 3. The van der Waals surface area contributed by atoms with Crippen molar-refractivity contribution in [3.8, 4) is 5.75 Å². The standard InChI is InChI=1S/C23H22N2O2/c1-27-19-14-12-18(13-15-19)22-20(24)23(26)25(22)21(16-8-4-2-5-9-16)17-10-6-3-7-11-17/h2-15,20-22H,24H2,1H3. The molecule has 2 N–H and O–H groups in total. The second-order valence-corrected chi connectivity index (χ2v) is 6.71. The number of likely N-dealkylation sites (tertiary alicyclic amines) is 1. The van der Waals surface area contributed by atoms with E-state index in [1.807, 2.05) is 65.6 Å². The molecule has 0 spiro atoms. The van der Waals surface area contributed by atoms with Crippen molar-refractivity contribution in [2.45, 2.75) is 18.1 Å². The van der Waals surface area contributed by atoms with Crippen LogP contribution in [0.1, 0.15) is 28.8 Å². The average molecular weight is 358 g/mol. The number of carbonyl (C=O) groups is 1. The summed E-state index contributed by atoms with van der Waals surface area (Å²) >= 11 is 0. The van der Waals surface area contributed by atoms with E-state index in [4.69, 9.17) is 10.5 Å². The number of hydrogen-bond donors (Lipinski definition) is 1. The van der Waals surface area contributed by atoms with Gasteiger partial charge in [-0.1, -0.05) is 72.8 Å². The van der Waals surface area contributed by atoms with Gasteiger partial charge in [0, 0.05) is 0 Å². The maximum atomic E-state index is 12.8. The summed E-state index contributed by atoms with van der Waals surface area (Å²) in [5.74, 6) is 0.751. The molecule has 1 amide bonds. The van der Waals surface area contributed by atoms with Gasteiger partial charge in [0.2, 0.25) is 5.91 Å². The molecule has 1 aliphatic rings. The number of hydrogen-bond acceptors (Lipinski definition) is 3. The number of ether oxygens (including phenoxy) is 1. The third-order valence-electron chi connectivity index (χ3n) is 5.15. The Labute approximate surface area is 159 Å². The summed E-state index contributed by atoms with van der Waals surface area (Å²) in [4.78, 5) is 14.7. The van der Waals surface area contributed by atoms with Gasteiger partial charge in [-0.2, -0.15) is 0 Å². The zero-order chi connectivity index (χ0) is 18.8. The van der Waals surface area contributed by atoms with E-state index in [9.17, 15) is 4.79 Å². The molecule has 4 rings (SSSR count). The first-order chi connectivity index (χ1) is 13.2. The number of carbonyl (C=O) groups excluding carboxylic acids is 1. The summed E-state index contributed by atoms with van der Waals surface area (Å²) in [6.07, 6.45) is 0. The molecule has 4 heteroatoms. The lowest BCUT2D eigenvalue weighted by Gasteiger charge is -2.50. The van der Waals surface area contributed by atoms with Crippen molar-refractivity contribution in [1.29, 1.82) is 0 Å². The van der Waals surface area contributed by atoms with Crippen LogP contribution in [0.2, 0.25) is 0 Å². The molecule has 0 aliphatic carbocycles. The maximum absolute atomic E-state index is 12.8. The van der Waals surface area contributed by atoms with Gasteiger partial charge in [-0.25, -0.2) is 0 Å². The smallest absolute Gasteiger partial charge is 0.243 e. The summed E-state index contributed by atoms with van der Waals surface area (Å²) in [7, 11) is 1.64. The Bertz CT molecular complexity index is 871. The monoisotopic (exact) mass is 358 g/mol. The molecule has 0 saturated carbocycles. The van der Waals surface area contributed by atoms with E-state index in [2.05, 4.69) is 24.3 Å².